The predicted octanol–water partition coefficient (Wildman–Crippen LogP) is 3.43. The largest absolute Gasteiger partial charge is 0.321 e. The van der Waals surface area contributed by atoms with Crippen molar-refractivity contribution in [2.24, 2.45) is 0 Å². The van der Waals surface area contributed by atoms with Crippen molar-refractivity contribution in [2.75, 3.05) is 45.1 Å². The Morgan fingerprint density at radius 2 is 1.62 bits per heavy atom. The Bertz CT molecular complexity index is 860. The van der Waals surface area contributed by atoms with Crippen LogP contribution in [0.2, 0.25) is 0 Å². The molecule has 29 heavy (non-hydrogen) atoms. The van der Waals surface area contributed by atoms with Gasteiger partial charge in [-0.15, -0.1) is 0 Å². The van der Waals surface area contributed by atoms with E-state index in [1.165, 1.54) is 6.07 Å². The third-order valence-electron chi connectivity index (χ3n) is 5.14. The molecular weight excluding hydrogens is 376 g/mol. The van der Waals surface area contributed by atoms with E-state index in [1.807, 2.05) is 0 Å². The molecule has 1 fully saturated rings. The maximum Gasteiger partial charge on any atom is 0.261 e. The third kappa shape index (κ3) is 5.46. The van der Waals surface area contributed by atoms with Crippen LogP contribution in [0.1, 0.15) is 33.6 Å². The van der Waals surface area contributed by atoms with Gasteiger partial charge in [-0.2, -0.15) is 0 Å². The summed E-state index contributed by atoms with van der Waals surface area (Å²) in [7, 11) is 2.10. The van der Waals surface area contributed by atoms with Crippen molar-refractivity contribution in [3.8, 4) is 0 Å². The van der Waals surface area contributed by atoms with Crippen LogP contribution in [0.3, 0.4) is 0 Å². The number of amides is 1. The molecule has 1 amide bonds. The molecular formula is C22H25F2N3O2. The number of hydrogen-bond acceptors (Lipinski definition) is 4. The van der Waals surface area contributed by atoms with Crippen LogP contribution < -0.4 is 5.32 Å². The first-order valence-electron chi connectivity index (χ1n) is 9.74. The number of rotatable bonds is 7. The lowest BCUT2D eigenvalue weighted by atomic mass is 10.0. The van der Waals surface area contributed by atoms with Crippen LogP contribution in [0.15, 0.2) is 42.5 Å². The molecule has 1 aliphatic heterocycles. The van der Waals surface area contributed by atoms with Gasteiger partial charge in [0.15, 0.2) is 5.78 Å². The molecule has 0 radical (unpaired) electrons. The SMILES string of the molecule is CN1CCN(CCCC(=O)c2ccccc2NC(=O)c2c(F)cccc2F)CC1. The molecule has 3 rings (SSSR count). The van der Waals surface area contributed by atoms with E-state index < -0.39 is 23.1 Å². The third-order valence-corrected chi connectivity index (χ3v) is 5.14. The molecule has 1 saturated heterocycles. The fourth-order valence-electron chi connectivity index (χ4n) is 3.40. The number of piperazine rings is 1. The number of nitrogens with zero attached hydrogens (tertiary/aromatic N) is 2. The quantitative estimate of drug-likeness (QED) is 0.723. The summed E-state index contributed by atoms with van der Waals surface area (Å²) in [6.45, 7) is 4.87. The molecule has 0 aliphatic carbocycles. The Morgan fingerprint density at radius 1 is 0.966 bits per heavy atom. The molecule has 0 unspecified atom stereocenters. The lowest BCUT2D eigenvalue weighted by Crippen LogP contribution is -2.44. The second-order valence-electron chi connectivity index (χ2n) is 7.27. The van der Waals surface area contributed by atoms with Gasteiger partial charge in [-0.25, -0.2) is 8.78 Å². The van der Waals surface area contributed by atoms with Gasteiger partial charge < -0.3 is 15.1 Å². The van der Waals surface area contributed by atoms with Gasteiger partial charge in [0, 0.05) is 38.2 Å². The lowest BCUT2D eigenvalue weighted by Gasteiger charge is -2.32. The van der Waals surface area contributed by atoms with Crippen LogP contribution in [0, 0.1) is 11.6 Å². The van der Waals surface area contributed by atoms with Gasteiger partial charge in [-0.05, 0) is 44.3 Å². The zero-order valence-corrected chi connectivity index (χ0v) is 16.5. The average Bonchev–Trinajstić information content (AvgIpc) is 2.69. The van der Waals surface area contributed by atoms with E-state index in [9.17, 15) is 18.4 Å². The molecule has 1 heterocycles. The van der Waals surface area contributed by atoms with E-state index in [-0.39, 0.29) is 11.5 Å². The highest BCUT2D eigenvalue weighted by Crippen LogP contribution is 2.20. The van der Waals surface area contributed by atoms with Crippen molar-refractivity contribution < 1.29 is 18.4 Å². The van der Waals surface area contributed by atoms with Crippen molar-refractivity contribution in [1.29, 1.82) is 0 Å². The summed E-state index contributed by atoms with van der Waals surface area (Å²) < 4.78 is 27.7. The topological polar surface area (TPSA) is 52.6 Å². The summed E-state index contributed by atoms with van der Waals surface area (Å²) in [5, 5.41) is 2.48. The number of Topliss-reactive ketones (excluding diaryl/α,β-unsaturated/α-hetero) is 1. The summed E-state index contributed by atoms with van der Waals surface area (Å²) >= 11 is 0. The average molecular weight is 401 g/mol. The summed E-state index contributed by atoms with van der Waals surface area (Å²) in [5.74, 6) is -2.92. The molecule has 1 N–H and O–H groups in total. The molecule has 2 aromatic carbocycles. The number of likely N-dealkylation sites (N-methyl/N-ethyl adjacent to an activating group) is 1. The highest BCUT2D eigenvalue weighted by molar-refractivity contribution is 6.09. The van der Waals surface area contributed by atoms with E-state index >= 15 is 0 Å². The van der Waals surface area contributed by atoms with Crippen molar-refractivity contribution in [3.05, 3.63) is 65.2 Å². The minimum absolute atomic E-state index is 0.107. The van der Waals surface area contributed by atoms with Gasteiger partial charge >= 0.3 is 0 Å². The molecule has 0 spiro atoms. The molecule has 0 bridgehead atoms. The normalized spacial score (nSPS) is 15.3. The summed E-state index contributed by atoms with van der Waals surface area (Å²) in [4.78, 5) is 29.7. The maximum atomic E-state index is 13.9. The Morgan fingerprint density at radius 3 is 2.31 bits per heavy atom. The van der Waals surface area contributed by atoms with E-state index in [0.29, 0.717) is 18.4 Å². The van der Waals surface area contributed by atoms with Gasteiger partial charge in [0.2, 0.25) is 0 Å². The first-order valence-corrected chi connectivity index (χ1v) is 9.74. The fourth-order valence-corrected chi connectivity index (χ4v) is 3.40. The fraction of sp³-hybridized carbons (Fsp3) is 0.364. The lowest BCUT2D eigenvalue weighted by molar-refractivity contribution is 0.0968. The Balaban J connectivity index is 1.62. The first-order chi connectivity index (χ1) is 14.0. The Labute approximate surface area is 169 Å². The van der Waals surface area contributed by atoms with Crippen molar-refractivity contribution in [3.63, 3.8) is 0 Å². The molecule has 1 aliphatic rings. The van der Waals surface area contributed by atoms with Gasteiger partial charge in [-0.1, -0.05) is 18.2 Å². The summed E-state index contributed by atoms with van der Waals surface area (Å²) in [6.07, 6.45) is 1.06. The first kappa shape index (κ1) is 21.1. The van der Waals surface area contributed by atoms with Crippen molar-refractivity contribution in [2.45, 2.75) is 12.8 Å². The van der Waals surface area contributed by atoms with Crippen LogP contribution >= 0.6 is 0 Å². The second kappa shape index (κ2) is 9.71. The number of carbonyl (C=O) groups excluding carboxylic acids is 2. The van der Waals surface area contributed by atoms with Gasteiger partial charge in [0.05, 0.1) is 5.69 Å². The second-order valence-corrected chi connectivity index (χ2v) is 7.27. The number of carbonyl (C=O) groups is 2. The molecule has 2 aromatic rings. The number of nitrogens with one attached hydrogen (secondary N) is 1. The summed E-state index contributed by atoms with van der Waals surface area (Å²) in [6, 6.07) is 9.78. The number of para-hydroxylation sites is 1. The standard InChI is InChI=1S/C22H25F2N3O2/c1-26-12-14-27(15-13-26)11-5-10-20(28)16-6-2-3-9-19(16)25-22(29)21-17(23)7-4-8-18(21)24/h2-4,6-9H,5,10-15H2,1H3,(H,25,29). The van der Waals surface area contributed by atoms with Gasteiger partial charge in [0.25, 0.3) is 5.91 Å². The van der Waals surface area contributed by atoms with Crippen LogP contribution in [0.25, 0.3) is 0 Å². The van der Waals surface area contributed by atoms with Crippen LogP contribution in [0.5, 0.6) is 0 Å². The Hall–Kier alpha value is -2.64. The Kier molecular flexibility index (Phi) is 7.06. The van der Waals surface area contributed by atoms with Crippen LogP contribution in [-0.2, 0) is 0 Å². The van der Waals surface area contributed by atoms with Crippen molar-refractivity contribution >= 4 is 17.4 Å². The summed E-state index contributed by atoms with van der Waals surface area (Å²) in [5.41, 5.74) is -0.0643. The van der Waals surface area contributed by atoms with E-state index in [0.717, 1.165) is 44.9 Å². The van der Waals surface area contributed by atoms with Crippen molar-refractivity contribution in [1.82, 2.24) is 9.80 Å². The number of benzene rings is 2. The number of halogens is 2. The maximum absolute atomic E-state index is 13.9. The highest BCUT2D eigenvalue weighted by atomic mass is 19.1. The molecule has 0 aromatic heterocycles. The number of anilines is 1. The van der Waals surface area contributed by atoms with Crippen LogP contribution in [0.4, 0.5) is 14.5 Å². The predicted molar refractivity (Wildman–Crippen MR) is 108 cm³/mol. The van der Waals surface area contributed by atoms with E-state index in [4.69, 9.17) is 0 Å². The van der Waals surface area contributed by atoms with E-state index in [2.05, 4.69) is 22.2 Å². The molecule has 154 valence electrons. The number of hydrogen-bond donors (Lipinski definition) is 1. The highest BCUT2D eigenvalue weighted by Gasteiger charge is 2.20. The zero-order chi connectivity index (χ0) is 20.8. The number of ketones is 1. The zero-order valence-electron chi connectivity index (χ0n) is 16.5. The molecule has 7 heteroatoms. The molecule has 0 saturated carbocycles. The minimum atomic E-state index is -0.946. The molecule has 0 atom stereocenters. The van der Waals surface area contributed by atoms with Crippen LogP contribution in [-0.4, -0.2) is 61.3 Å². The van der Waals surface area contributed by atoms with E-state index in [1.54, 1.807) is 24.3 Å². The van der Waals surface area contributed by atoms with Gasteiger partial charge in [0.1, 0.15) is 17.2 Å². The molecule has 5 nitrogen and oxygen atoms in total. The smallest absolute Gasteiger partial charge is 0.261 e. The monoisotopic (exact) mass is 401 g/mol. The van der Waals surface area contributed by atoms with Gasteiger partial charge in [-0.3, -0.25) is 9.59 Å². The minimum Gasteiger partial charge on any atom is -0.321 e.